The number of hydrogen-bond acceptors (Lipinski definition) is 4. The summed E-state index contributed by atoms with van der Waals surface area (Å²) in [6, 6.07) is 12.0. The number of aromatic hydroxyl groups is 2. The molecule has 0 unspecified atom stereocenters. The predicted molar refractivity (Wildman–Crippen MR) is 109 cm³/mol. The van der Waals surface area contributed by atoms with Gasteiger partial charge in [-0.05, 0) is 67.5 Å². The highest BCUT2D eigenvalue weighted by atomic mass is 16.5. The number of methoxy groups -OCH3 is 1. The van der Waals surface area contributed by atoms with Crippen LogP contribution in [0.25, 0.3) is 21.9 Å². The van der Waals surface area contributed by atoms with E-state index in [9.17, 15) is 10.2 Å². The van der Waals surface area contributed by atoms with E-state index in [1.54, 1.807) is 13.2 Å². The van der Waals surface area contributed by atoms with Crippen LogP contribution in [-0.4, -0.2) is 23.4 Å². The van der Waals surface area contributed by atoms with Gasteiger partial charge >= 0.3 is 0 Å². The maximum atomic E-state index is 11.1. The molecule has 140 valence electrons. The molecule has 1 aliphatic rings. The standard InChI is InChI=1S/C23H25NO3/c1-12-9-18-16(7-8-19(25)22(18)20(10-12)27-4)17-6-5-15-11-13(2)24-14(3)21(15)23(17)26/h5-10,13-14,24-26H,11H2,1-4H3/t13-,14-/m1/s1. The van der Waals surface area contributed by atoms with E-state index >= 15 is 0 Å². The zero-order chi connectivity index (χ0) is 19.3. The average molecular weight is 363 g/mol. The molecule has 0 aliphatic carbocycles. The van der Waals surface area contributed by atoms with Crippen molar-refractivity contribution < 1.29 is 14.9 Å². The molecule has 3 aromatic rings. The lowest BCUT2D eigenvalue weighted by atomic mass is 9.86. The summed E-state index contributed by atoms with van der Waals surface area (Å²) in [5, 5.41) is 26.6. The summed E-state index contributed by atoms with van der Waals surface area (Å²) in [6.07, 6.45) is 0.900. The summed E-state index contributed by atoms with van der Waals surface area (Å²) in [6.45, 7) is 6.24. The maximum Gasteiger partial charge on any atom is 0.130 e. The molecular formula is C23H25NO3. The number of phenolic OH excluding ortho intramolecular Hbond substituents is 2. The fraction of sp³-hybridized carbons (Fsp3) is 0.304. The number of aryl methyl sites for hydroxylation is 1. The lowest BCUT2D eigenvalue weighted by Crippen LogP contribution is -2.36. The van der Waals surface area contributed by atoms with Gasteiger partial charge in [0.2, 0.25) is 0 Å². The predicted octanol–water partition coefficient (Wildman–Crippen LogP) is 4.83. The molecule has 27 heavy (non-hydrogen) atoms. The van der Waals surface area contributed by atoms with Gasteiger partial charge in [0.05, 0.1) is 12.5 Å². The smallest absolute Gasteiger partial charge is 0.130 e. The van der Waals surface area contributed by atoms with Gasteiger partial charge in [-0.25, -0.2) is 0 Å². The van der Waals surface area contributed by atoms with Crippen LogP contribution in [-0.2, 0) is 6.42 Å². The van der Waals surface area contributed by atoms with Crippen molar-refractivity contribution in [2.75, 3.05) is 7.11 Å². The van der Waals surface area contributed by atoms with Crippen molar-refractivity contribution in [3.05, 3.63) is 53.1 Å². The Morgan fingerprint density at radius 3 is 2.52 bits per heavy atom. The van der Waals surface area contributed by atoms with E-state index in [0.717, 1.165) is 34.1 Å². The van der Waals surface area contributed by atoms with E-state index in [4.69, 9.17) is 4.74 Å². The van der Waals surface area contributed by atoms with E-state index < -0.39 is 0 Å². The summed E-state index contributed by atoms with van der Waals surface area (Å²) in [5.74, 6) is 1.12. The molecule has 2 atom stereocenters. The molecule has 4 rings (SSSR count). The van der Waals surface area contributed by atoms with E-state index in [0.29, 0.717) is 22.9 Å². The normalized spacial score (nSPS) is 19.1. The quantitative estimate of drug-likeness (QED) is 0.610. The number of hydrogen-bond donors (Lipinski definition) is 3. The number of benzene rings is 3. The van der Waals surface area contributed by atoms with Crippen molar-refractivity contribution in [3.8, 4) is 28.4 Å². The highest BCUT2D eigenvalue weighted by Crippen LogP contribution is 2.45. The first-order valence-corrected chi connectivity index (χ1v) is 9.32. The molecular weight excluding hydrogens is 338 g/mol. The monoisotopic (exact) mass is 363 g/mol. The highest BCUT2D eigenvalue weighted by molar-refractivity contribution is 6.04. The van der Waals surface area contributed by atoms with Crippen molar-refractivity contribution in [1.29, 1.82) is 0 Å². The molecule has 4 nitrogen and oxygen atoms in total. The molecule has 1 aliphatic heterocycles. The van der Waals surface area contributed by atoms with Crippen LogP contribution in [0.1, 0.15) is 36.6 Å². The lowest BCUT2D eigenvalue weighted by molar-refractivity contribution is 0.410. The second-order valence-electron chi connectivity index (χ2n) is 7.55. The summed E-state index contributed by atoms with van der Waals surface area (Å²) in [7, 11) is 1.60. The minimum atomic E-state index is 0.0864. The number of fused-ring (bicyclic) bond motifs is 2. The van der Waals surface area contributed by atoms with Gasteiger partial charge in [0.15, 0.2) is 0 Å². The number of rotatable bonds is 2. The Kier molecular flexibility index (Phi) is 4.23. The Balaban J connectivity index is 2.00. The minimum Gasteiger partial charge on any atom is -0.507 e. The first-order valence-electron chi connectivity index (χ1n) is 9.32. The molecule has 0 bridgehead atoms. The van der Waals surface area contributed by atoms with Crippen LogP contribution in [0.15, 0.2) is 36.4 Å². The first-order chi connectivity index (χ1) is 12.9. The molecule has 0 saturated heterocycles. The van der Waals surface area contributed by atoms with E-state index in [-0.39, 0.29) is 11.8 Å². The SMILES string of the molecule is COc1cc(C)cc2c(-c3ccc4c(c3O)[C@@H](C)N[C@H](C)C4)ccc(O)c12. The third kappa shape index (κ3) is 2.81. The summed E-state index contributed by atoms with van der Waals surface area (Å²) in [5.41, 5.74) is 4.84. The van der Waals surface area contributed by atoms with E-state index in [1.165, 1.54) is 5.56 Å². The van der Waals surface area contributed by atoms with Crippen LogP contribution < -0.4 is 10.1 Å². The van der Waals surface area contributed by atoms with E-state index in [2.05, 4.69) is 25.2 Å². The van der Waals surface area contributed by atoms with Crippen LogP contribution in [0.5, 0.6) is 17.2 Å². The summed E-state index contributed by atoms with van der Waals surface area (Å²) >= 11 is 0. The molecule has 0 amide bonds. The molecule has 4 heteroatoms. The second kappa shape index (κ2) is 6.46. The molecule has 0 spiro atoms. The fourth-order valence-corrected chi connectivity index (χ4v) is 4.39. The first kappa shape index (κ1) is 17.7. The molecule has 3 aromatic carbocycles. The third-order valence-electron chi connectivity index (χ3n) is 5.51. The third-order valence-corrected chi connectivity index (χ3v) is 5.51. The zero-order valence-corrected chi connectivity index (χ0v) is 16.1. The van der Waals surface area contributed by atoms with Gasteiger partial charge in [0, 0.05) is 23.2 Å². The molecule has 1 heterocycles. The molecule has 0 saturated carbocycles. The van der Waals surface area contributed by atoms with Gasteiger partial charge in [0.1, 0.15) is 17.2 Å². The van der Waals surface area contributed by atoms with Gasteiger partial charge in [-0.15, -0.1) is 0 Å². The topological polar surface area (TPSA) is 61.7 Å². The number of phenols is 2. The van der Waals surface area contributed by atoms with Crippen molar-refractivity contribution in [3.63, 3.8) is 0 Å². The molecule has 0 fully saturated rings. The van der Waals surface area contributed by atoms with Crippen molar-refractivity contribution in [2.24, 2.45) is 0 Å². The molecule has 0 radical (unpaired) electrons. The average Bonchev–Trinajstić information content (AvgIpc) is 2.61. The Bertz CT molecular complexity index is 1040. The Labute approximate surface area is 159 Å². The number of ether oxygens (including phenoxy) is 1. The number of nitrogens with one attached hydrogen (secondary N) is 1. The molecule has 0 aromatic heterocycles. The van der Waals surface area contributed by atoms with Crippen LogP contribution in [0.4, 0.5) is 0 Å². The van der Waals surface area contributed by atoms with Gasteiger partial charge in [-0.2, -0.15) is 0 Å². The minimum absolute atomic E-state index is 0.0864. The van der Waals surface area contributed by atoms with Crippen molar-refractivity contribution in [1.82, 2.24) is 5.32 Å². The lowest BCUT2D eigenvalue weighted by Gasteiger charge is -2.30. The van der Waals surface area contributed by atoms with Crippen LogP contribution in [0.2, 0.25) is 0 Å². The summed E-state index contributed by atoms with van der Waals surface area (Å²) < 4.78 is 5.50. The molecule has 3 N–H and O–H groups in total. The Morgan fingerprint density at radius 2 is 1.78 bits per heavy atom. The van der Waals surface area contributed by atoms with Crippen molar-refractivity contribution >= 4 is 10.8 Å². The maximum absolute atomic E-state index is 11.1. The van der Waals surface area contributed by atoms with Crippen LogP contribution in [0.3, 0.4) is 0 Å². The largest absolute Gasteiger partial charge is 0.507 e. The fourth-order valence-electron chi connectivity index (χ4n) is 4.39. The van der Waals surface area contributed by atoms with Crippen molar-refractivity contribution in [2.45, 2.75) is 39.3 Å². The van der Waals surface area contributed by atoms with Gasteiger partial charge in [0.25, 0.3) is 0 Å². The summed E-state index contributed by atoms with van der Waals surface area (Å²) in [4.78, 5) is 0. The van der Waals surface area contributed by atoms with Gasteiger partial charge in [-0.1, -0.05) is 18.2 Å². The van der Waals surface area contributed by atoms with E-state index in [1.807, 2.05) is 31.2 Å². The van der Waals surface area contributed by atoms with Crippen LogP contribution in [0, 0.1) is 6.92 Å². The highest BCUT2D eigenvalue weighted by Gasteiger charge is 2.26. The van der Waals surface area contributed by atoms with Crippen LogP contribution >= 0.6 is 0 Å². The van der Waals surface area contributed by atoms with Gasteiger partial charge in [-0.3, -0.25) is 0 Å². The Morgan fingerprint density at radius 1 is 1.04 bits per heavy atom. The second-order valence-corrected chi connectivity index (χ2v) is 7.55. The Hall–Kier alpha value is -2.72. The zero-order valence-electron chi connectivity index (χ0n) is 16.1. The van der Waals surface area contributed by atoms with Gasteiger partial charge < -0.3 is 20.3 Å².